The van der Waals surface area contributed by atoms with E-state index in [1.54, 1.807) is 42.6 Å². The summed E-state index contributed by atoms with van der Waals surface area (Å²) >= 11 is 1.54. The molecule has 2 aromatic carbocycles. The van der Waals surface area contributed by atoms with E-state index in [-0.39, 0.29) is 11.8 Å². The Morgan fingerprint density at radius 1 is 1.03 bits per heavy atom. The van der Waals surface area contributed by atoms with Gasteiger partial charge in [0.15, 0.2) is 0 Å². The summed E-state index contributed by atoms with van der Waals surface area (Å²) in [5.74, 6) is -0.254. The molecule has 0 radical (unpaired) electrons. The van der Waals surface area contributed by atoms with Gasteiger partial charge < -0.3 is 9.80 Å². The molecule has 146 valence electrons. The van der Waals surface area contributed by atoms with Crippen molar-refractivity contribution in [2.75, 3.05) is 14.1 Å². The molecule has 29 heavy (non-hydrogen) atoms. The lowest BCUT2D eigenvalue weighted by Gasteiger charge is -2.38. The molecule has 0 saturated carbocycles. The zero-order valence-corrected chi connectivity index (χ0v) is 17.1. The number of nitrogens with zero attached hydrogens (tertiary/aromatic N) is 3. The van der Waals surface area contributed by atoms with Crippen LogP contribution in [0.4, 0.5) is 0 Å². The molecule has 1 aromatic heterocycles. The second-order valence-corrected chi connectivity index (χ2v) is 7.87. The third-order valence-electron chi connectivity index (χ3n) is 5.17. The van der Waals surface area contributed by atoms with Crippen LogP contribution in [0.25, 0.3) is 16.6 Å². The third kappa shape index (κ3) is 3.71. The Kier molecular flexibility index (Phi) is 5.27. The summed E-state index contributed by atoms with van der Waals surface area (Å²) in [6.45, 7) is 0. The van der Waals surface area contributed by atoms with Crippen LogP contribution in [-0.2, 0) is 16.0 Å². The first kappa shape index (κ1) is 19.1. The van der Waals surface area contributed by atoms with Gasteiger partial charge in [0, 0.05) is 37.7 Å². The first-order valence-electron chi connectivity index (χ1n) is 9.35. The molecule has 1 aliphatic heterocycles. The number of carbonyl (C=O) groups excluding carboxylic acids is 2. The van der Waals surface area contributed by atoms with Crippen LogP contribution >= 0.6 is 11.3 Å². The Morgan fingerprint density at radius 2 is 1.76 bits per heavy atom. The van der Waals surface area contributed by atoms with Gasteiger partial charge in [0.05, 0.1) is 0 Å². The molecule has 1 fully saturated rings. The quantitative estimate of drug-likeness (QED) is 0.625. The Hall–Kier alpha value is -3.25. The summed E-state index contributed by atoms with van der Waals surface area (Å²) in [7, 11) is 3.37. The van der Waals surface area contributed by atoms with Crippen molar-refractivity contribution < 1.29 is 9.59 Å². The van der Waals surface area contributed by atoms with Crippen molar-refractivity contribution in [3.8, 4) is 10.6 Å². The van der Waals surface area contributed by atoms with Gasteiger partial charge in [-0.25, -0.2) is 4.98 Å². The monoisotopic (exact) mass is 403 g/mol. The number of thiazole rings is 1. The zero-order valence-electron chi connectivity index (χ0n) is 16.3. The van der Waals surface area contributed by atoms with Crippen LogP contribution in [0.3, 0.4) is 0 Å². The van der Waals surface area contributed by atoms with Crippen molar-refractivity contribution in [1.82, 2.24) is 14.8 Å². The molecule has 0 aliphatic carbocycles. The summed E-state index contributed by atoms with van der Waals surface area (Å²) in [5.41, 5.74) is 3.20. The van der Waals surface area contributed by atoms with Crippen LogP contribution in [0.15, 0.2) is 71.9 Å². The zero-order chi connectivity index (χ0) is 20.4. The predicted molar refractivity (Wildman–Crippen MR) is 115 cm³/mol. The van der Waals surface area contributed by atoms with E-state index in [0.717, 1.165) is 21.7 Å². The van der Waals surface area contributed by atoms with Gasteiger partial charge in [-0.15, -0.1) is 11.3 Å². The van der Waals surface area contributed by atoms with Crippen LogP contribution in [-0.4, -0.2) is 46.7 Å². The maximum atomic E-state index is 13.1. The van der Waals surface area contributed by atoms with Crippen molar-refractivity contribution in [2.24, 2.45) is 0 Å². The molecule has 1 unspecified atom stereocenters. The smallest absolute Gasteiger partial charge is 0.271 e. The summed E-state index contributed by atoms with van der Waals surface area (Å²) in [5, 5.41) is 2.80. The standard InChI is InChI=1S/C23H21N3O2S/c1-25-19(14-16-8-4-3-5-9-16)22(27)26(2)20(23(25)28)15-17-10-6-7-11-18(17)21-24-12-13-29-21/h3-13,15,19H,14H2,1-2H3/b20-15-. The largest absolute Gasteiger partial charge is 0.328 e. The maximum Gasteiger partial charge on any atom is 0.271 e. The minimum atomic E-state index is -0.513. The number of aromatic nitrogens is 1. The minimum Gasteiger partial charge on any atom is -0.328 e. The summed E-state index contributed by atoms with van der Waals surface area (Å²) in [6, 6.07) is 17.0. The number of benzene rings is 2. The van der Waals surface area contributed by atoms with Crippen LogP contribution < -0.4 is 0 Å². The normalized spacial score (nSPS) is 18.6. The molecule has 0 spiro atoms. The number of hydrogen-bond donors (Lipinski definition) is 0. The van der Waals surface area contributed by atoms with E-state index in [1.807, 2.05) is 60.0 Å². The first-order chi connectivity index (χ1) is 14.1. The molecule has 0 bridgehead atoms. The van der Waals surface area contributed by atoms with Crippen LogP contribution in [0.1, 0.15) is 11.1 Å². The average molecular weight is 404 g/mol. The number of amides is 2. The second-order valence-electron chi connectivity index (χ2n) is 6.97. The summed E-state index contributed by atoms with van der Waals surface area (Å²) in [4.78, 5) is 33.6. The average Bonchev–Trinajstić information content (AvgIpc) is 3.29. The molecule has 2 amide bonds. The molecule has 5 nitrogen and oxygen atoms in total. The number of piperazine rings is 1. The van der Waals surface area contributed by atoms with E-state index in [0.29, 0.717) is 12.1 Å². The van der Waals surface area contributed by atoms with Gasteiger partial charge in [-0.2, -0.15) is 0 Å². The van der Waals surface area contributed by atoms with E-state index in [2.05, 4.69) is 4.98 Å². The van der Waals surface area contributed by atoms with Crippen molar-refractivity contribution >= 4 is 29.2 Å². The summed E-state index contributed by atoms with van der Waals surface area (Å²) < 4.78 is 0. The van der Waals surface area contributed by atoms with Crippen molar-refractivity contribution in [3.63, 3.8) is 0 Å². The van der Waals surface area contributed by atoms with Gasteiger partial charge in [-0.1, -0.05) is 54.6 Å². The summed E-state index contributed by atoms with van der Waals surface area (Å²) in [6.07, 6.45) is 4.04. The number of rotatable bonds is 4. The van der Waals surface area contributed by atoms with Crippen molar-refractivity contribution in [2.45, 2.75) is 12.5 Å². The van der Waals surface area contributed by atoms with Gasteiger partial charge in [-0.05, 0) is 17.2 Å². The van der Waals surface area contributed by atoms with Crippen LogP contribution in [0, 0.1) is 0 Å². The SMILES string of the molecule is CN1C(=O)C(Cc2ccccc2)N(C)C(=O)/C1=C/c1ccccc1-c1nccs1. The topological polar surface area (TPSA) is 53.5 Å². The fraction of sp³-hybridized carbons (Fsp3) is 0.174. The number of carbonyl (C=O) groups is 2. The van der Waals surface area contributed by atoms with Gasteiger partial charge in [0.1, 0.15) is 16.7 Å². The highest BCUT2D eigenvalue weighted by Crippen LogP contribution is 2.29. The molecule has 6 heteroatoms. The minimum absolute atomic E-state index is 0.0890. The van der Waals surface area contributed by atoms with E-state index in [1.165, 1.54) is 4.90 Å². The van der Waals surface area contributed by atoms with Gasteiger partial charge in [0.25, 0.3) is 5.91 Å². The van der Waals surface area contributed by atoms with E-state index >= 15 is 0 Å². The lowest BCUT2D eigenvalue weighted by atomic mass is 9.99. The molecular weight excluding hydrogens is 382 g/mol. The Bertz CT molecular complexity index is 1060. The Balaban J connectivity index is 1.67. The molecule has 0 N–H and O–H groups in total. The number of likely N-dealkylation sites (N-methyl/N-ethyl adjacent to an activating group) is 2. The molecule has 2 heterocycles. The van der Waals surface area contributed by atoms with Crippen LogP contribution in [0.2, 0.25) is 0 Å². The predicted octanol–water partition coefficient (Wildman–Crippen LogP) is 3.69. The lowest BCUT2D eigenvalue weighted by Crippen LogP contribution is -2.56. The highest BCUT2D eigenvalue weighted by Gasteiger charge is 2.39. The van der Waals surface area contributed by atoms with E-state index in [9.17, 15) is 9.59 Å². The molecule has 3 aromatic rings. The highest BCUT2D eigenvalue weighted by molar-refractivity contribution is 7.13. The lowest BCUT2D eigenvalue weighted by molar-refractivity contribution is -0.148. The van der Waals surface area contributed by atoms with E-state index in [4.69, 9.17) is 0 Å². The van der Waals surface area contributed by atoms with Crippen LogP contribution in [0.5, 0.6) is 0 Å². The number of hydrogen-bond acceptors (Lipinski definition) is 4. The molecule has 1 aliphatic rings. The van der Waals surface area contributed by atoms with Crippen molar-refractivity contribution in [1.29, 1.82) is 0 Å². The van der Waals surface area contributed by atoms with Gasteiger partial charge in [0.2, 0.25) is 5.91 Å². The maximum absolute atomic E-state index is 13.1. The Morgan fingerprint density at radius 3 is 2.48 bits per heavy atom. The highest BCUT2D eigenvalue weighted by atomic mass is 32.1. The van der Waals surface area contributed by atoms with E-state index < -0.39 is 6.04 Å². The Labute approximate surface area is 173 Å². The third-order valence-corrected chi connectivity index (χ3v) is 5.98. The second kappa shape index (κ2) is 8.01. The molecule has 1 atom stereocenters. The molecule has 1 saturated heterocycles. The van der Waals surface area contributed by atoms with Crippen molar-refractivity contribution in [3.05, 3.63) is 83.0 Å². The molecular formula is C23H21N3O2S. The fourth-order valence-corrected chi connectivity index (χ4v) is 4.20. The first-order valence-corrected chi connectivity index (χ1v) is 10.2. The molecule has 4 rings (SSSR count). The fourth-order valence-electron chi connectivity index (χ4n) is 3.52. The van der Waals surface area contributed by atoms with Gasteiger partial charge >= 0.3 is 0 Å². The van der Waals surface area contributed by atoms with Gasteiger partial charge in [-0.3, -0.25) is 9.59 Å².